The largest absolute Gasteiger partial charge is 0.319 e. The number of alkyl halides is 2. The predicted octanol–water partition coefficient (Wildman–Crippen LogP) is 4.26. The lowest BCUT2D eigenvalue weighted by atomic mass is 10.2. The summed E-state index contributed by atoms with van der Waals surface area (Å²) >= 11 is 11.8. The molecule has 2 rings (SSSR count). The van der Waals surface area contributed by atoms with Gasteiger partial charge in [0.15, 0.2) is 0 Å². The maximum atomic E-state index is 5.96. The Kier molecular flexibility index (Phi) is 3.57. The summed E-state index contributed by atoms with van der Waals surface area (Å²) in [6, 6.07) is 10.4. The molecule has 0 atom stereocenters. The molecule has 0 saturated carbocycles. The van der Waals surface area contributed by atoms with Crippen LogP contribution in [0.5, 0.6) is 0 Å². The summed E-state index contributed by atoms with van der Waals surface area (Å²) in [5.74, 6) is 0.976. The Bertz CT molecular complexity index is 471. The number of nitrogens with zero attached hydrogens (tertiary/aromatic N) is 1. The van der Waals surface area contributed by atoms with Crippen LogP contribution in [-0.4, -0.2) is 4.57 Å². The van der Waals surface area contributed by atoms with E-state index >= 15 is 0 Å². The molecule has 0 bridgehead atoms. The van der Waals surface area contributed by atoms with Gasteiger partial charge in [0.2, 0.25) is 0 Å². The molecule has 16 heavy (non-hydrogen) atoms. The summed E-state index contributed by atoms with van der Waals surface area (Å²) in [5, 5.41) is 0. The number of benzene rings is 1. The highest BCUT2D eigenvalue weighted by Gasteiger charge is 2.08. The van der Waals surface area contributed by atoms with Crippen molar-refractivity contribution in [2.24, 2.45) is 0 Å². The molecule has 84 valence electrons. The molecule has 0 fully saturated rings. The Balaban J connectivity index is 2.47. The molecule has 1 aromatic carbocycles. The van der Waals surface area contributed by atoms with E-state index in [4.69, 9.17) is 23.2 Å². The Hall–Kier alpha value is -0.920. The maximum Gasteiger partial charge on any atom is 0.0634 e. The summed E-state index contributed by atoms with van der Waals surface area (Å²) in [6.45, 7) is 2.08. The minimum absolute atomic E-state index is 0.475. The highest BCUT2D eigenvalue weighted by Crippen LogP contribution is 2.20. The number of aromatic nitrogens is 1. The second-order valence-electron chi connectivity index (χ2n) is 3.76. The van der Waals surface area contributed by atoms with Crippen LogP contribution >= 0.6 is 23.2 Å². The summed E-state index contributed by atoms with van der Waals surface area (Å²) in [5.41, 5.74) is 4.54. The summed E-state index contributed by atoms with van der Waals surface area (Å²) < 4.78 is 2.09. The lowest BCUT2D eigenvalue weighted by molar-refractivity contribution is 0.987. The van der Waals surface area contributed by atoms with Gasteiger partial charge in [-0.1, -0.05) is 17.7 Å². The van der Waals surface area contributed by atoms with E-state index in [1.807, 2.05) is 12.3 Å². The Morgan fingerprint density at radius 1 is 1.00 bits per heavy atom. The number of rotatable bonds is 3. The monoisotopic (exact) mass is 253 g/mol. The second-order valence-corrected chi connectivity index (χ2v) is 4.30. The number of aryl methyl sites for hydroxylation is 1. The molecule has 0 saturated heterocycles. The zero-order valence-corrected chi connectivity index (χ0v) is 10.6. The molecule has 0 unspecified atom stereocenters. The molecular weight excluding hydrogens is 241 g/mol. The lowest BCUT2D eigenvalue weighted by Crippen LogP contribution is -1.98. The van der Waals surface area contributed by atoms with E-state index in [1.54, 1.807) is 0 Å². The first-order valence-electron chi connectivity index (χ1n) is 5.14. The van der Waals surface area contributed by atoms with Gasteiger partial charge in [0.05, 0.1) is 5.88 Å². The van der Waals surface area contributed by atoms with E-state index in [-0.39, 0.29) is 0 Å². The Morgan fingerprint density at radius 2 is 1.69 bits per heavy atom. The molecule has 0 radical (unpaired) electrons. The van der Waals surface area contributed by atoms with E-state index in [0.29, 0.717) is 11.8 Å². The normalized spacial score (nSPS) is 10.7. The number of halogens is 2. The standard InChI is InChI=1S/C13H13Cl2N/c1-10-2-4-12(5-3-10)16-7-6-11(8-14)13(16)9-15/h2-7H,8-9H2,1H3. The first-order valence-corrected chi connectivity index (χ1v) is 6.21. The van der Waals surface area contributed by atoms with Crippen LogP contribution in [0.3, 0.4) is 0 Å². The Labute approximate surface area is 106 Å². The Morgan fingerprint density at radius 3 is 2.25 bits per heavy atom. The fourth-order valence-electron chi connectivity index (χ4n) is 1.72. The van der Waals surface area contributed by atoms with E-state index in [2.05, 4.69) is 35.8 Å². The number of hydrogen-bond donors (Lipinski definition) is 0. The SMILES string of the molecule is Cc1ccc(-n2ccc(CCl)c2CCl)cc1. The third-order valence-electron chi connectivity index (χ3n) is 2.67. The van der Waals surface area contributed by atoms with Crippen LogP contribution < -0.4 is 0 Å². The fourth-order valence-corrected chi connectivity index (χ4v) is 2.27. The van der Waals surface area contributed by atoms with Crippen LogP contribution in [0.25, 0.3) is 5.69 Å². The summed E-state index contributed by atoms with van der Waals surface area (Å²) in [7, 11) is 0. The van der Waals surface area contributed by atoms with Gasteiger partial charge in [-0.2, -0.15) is 0 Å². The minimum atomic E-state index is 0.475. The second kappa shape index (κ2) is 4.94. The van der Waals surface area contributed by atoms with Gasteiger partial charge < -0.3 is 4.57 Å². The van der Waals surface area contributed by atoms with Gasteiger partial charge in [-0.15, -0.1) is 23.2 Å². The third-order valence-corrected chi connectivity index (χ3v) is 3.21. The van der Waals surface area contributed by atoms with Gasteiger partial charge in [0.1, 0.15) is 0 Å². The van der Waals surface area contributed by atoms with Crippen LogP contribution in [0.4, 0.5) is 0 Å². The molecule has 0 amide bonds. The van der Waals surface area contributed by atoms with E-state index in [1.165, 1.54) is 5.56 Å². The van der Waals surface area contributed by atoms with E-state index in [0.717, 1.165) is 16.9 Å². The van der Waals surface area contributed by atoms with Gasteiger partial charge in [-0.25, -0.2) is 0 Å². The molecule has 3 heteroatoms. The first-order chi connectivity index (χ1) is 7.76. The van der Waals surface area contributed by atoms with Gasteiger partial charge in [-0.05, 0) is 30.7 Å². The van der Waals surface area contributed by atoms with E-state index < -0.39 is 0 Å². The molecule has 0 aliphatic heterocycles. The van der Waals surface area contributed by atoms with Crippen LogP contribution in [0.1, 0.15) is 16.8 Å². The van der Waals surface area contributed by atoms with Gasteiger partial charge in [0, 0.05) is 23.5 Å². The molecule has 1 aromatic heterocycles. The van der Waals surface area contributed by atoms with Crippen molar-refractivity contribution >= 4 is 23.2 Å². The molecule has 1 nitrogen and oxygen atoms in total. The maximum absolute atomic E-state index is 5.96. The number of hydrogen-bond acceptors (Lipinski definition) is 0. The molecule has 0 aliphatic carbocycles. The predicted molar refractivity (Wildman–Crippen MR) is 69.6 cm³/mol. The fraction of sp³-hybridized carbons (Fsp3) is 0.231. The van der Waals surface area contributed by atoms with Crippen molar-refractivity contribution in [3.05, 3.63) is 53.3 Å². The van der Waals surface area contributed by atoms with Crippen molar-refractivity contribution in [1.82, 2.24) is 4.57 Å². The zero-order chi connectivity index (χ0) is 11.5. The zero-order valence-electron chi connectivity index (χ0n) is 9.08. The molecule has 2 aromatic rings. The van der Waals surface area contributed by atoms with Crippen molar-refractivity contribution in [3.63, 3.8) is 0 Å². The van der Waals surface area contributed by atoms with Crippen LogP contribution in [0.15, 0.2) is 36.5 Å². The van der Waals surface area contributed by atoms with Gasteiger partial charge in [-0.3, -0.25) is 0 Å². The molecular formula is C13H13Cl2N. The van der Waals surface area contributed by atoms with Crippen molar-refractivity contribution in [2.45, 2.75) is 18.7 Å². The van der Waals surface area contributed by atoms with E-state index in [9.17, 15) is 0 Å². The molecule has 0 spiro atoms. The van der Waals surface area contributed by atoms with Gasteiger partial charge >= 0.3 is 0 Å². The van der Waals surface area contributed by atoms with Crippen molar-refractivity contribution in [2.75, 3.05) is 0 Å². The topological polar surface area (TPSA) is 4.93 Å². The van der Waals surface area contributed by atoms with Gasteiger partial charge in [0.25, 0.3) is 0 Å². The van der Waals surface area contributed by atoms with Crippen LogP contribution in [-0.2, 0) is 11.8 Å². The average molecular weight is 254 g/mol. The first kappa shape index (κ1) is 11.6. The smallest absolute Gasteiger partial charge is 0.0634 e. The van der Waals surface area contributed by atoms with Crippen molar-refractivity contribution < 1.29 is 0 Å². The van der Waals surface area contributed by atoms with Crippen molar-refractivity contribution in [1.29, 1.82) is 0 Å². The average Bonchev–Trinajstić information content (AvgIpc) is 2.72. The van der Waals surface area contributed by atoms with Crippen LogP contribution in [0.2, 0.25) is 0 Å². The van der Waals surface area contributed by atoms with Crippen molar-refractivity contribution in [3.8, 4) is 5.69 Å². The molecule has 0 N–H and O–H groups in total. The van der Waals surface area contributed by atoms with Crippen LogP contribution in [0, 0.1) is 6.92 Å². The highest BCUT2D eigenvalue weighted by atomic mass is 35.5. The molecule has 1 heterocycles. The summed E-state index contributed by atoms with van der Waals surface area (Å²) in [4.78, 5) is 0. The lowest BCUT2D eigenvalue weighted by Gasteiger charge is -2.08. The molecule has 0 aliphatic rings. The quantitative estimate of drug-likeness (QED) is 0.721. The highest BCUT2D eigenvalue weighted by molar-refractivity contribution is 6.18. The minimum Gasteiger partial charge on any atom is -0.319 e. The third kappa shape index (κ3) is 2.11. The summed E-state index contributed by atoms with van der Waals surface area (Å²) in [6.07, 6.45) is 2.01.